The lowest BCUT2D eigenvalue weighted by Gasteiger charge is -2.39. The Hall–Kier alpha value is -1.69. The molecule has 1 aromatic rings. The predicted octanol–water partition coefficient (Wildman–Crippen LogP) is 4.58. The van der Waals surface area contributed by atoms with Crippen LogP contribution in [-0.4, -0.2) is 17.0 Å². The molecule has 0 unspecified atom stereocenters. The van der Waals surface area contributed by atoms with Gasteiger partial charge in [0.25, 0.3) is 0 Å². The average Bonchev–Trinajstić information content (AvgIpc) is 2.33. The lowest BCUT2D eigenvalue weighted by Crippen LogP contribution is -2.43. The highest BCUT2D eigenvalue weighted by Crippen LogP contribution is 2.32. The Bertz CT molecular complexity index is 495. The van der Waals surface area contributed by atoms with Gasteiger partial charge in [-0.3, -0.25) is 0 Å². The summed E-state index contributed by atoms with van der Waals surface area (Å²) in [4.78, 5) is 1.86. The van der Waals surface area contributed by atoms with Gasteiger partial charge in [-0.2, -0.15) is 5.26 Å². The summed E-state index contributed by atoms with van der Waals surface area (Å²) in [7, 11) is 0. The fourth-order valence-corrected chi connectivity index (χ4v) is 2.86. The van der Waals surface area contributed by atoms with Gasteiger partial charge < -0.3 is 9.64 Å². The minimum Gasteiger partial charge on any atom is -0.494 e. The van der Waals surface area contributed by atoms with E-state index in [1.165, 1.54) is 0 Å². The highest BCUT2D eigenvalue weighted by molar-refractivity contribution is 5.28. The Morgan fingerprint density at radius 2 is 1.86 bits per heavy atom. The quantitative estimate of drug-likeness (QED) is 0.567. The van der Waals surface area contributed by atoms with Crippen LogP contribution in [0, 0.1) is 16.9 Å². The van der Waals surface area contributed by atoms with Gasteiger partial charge in [0.1, 0.15) is 5.75 Å². The molecule has 0 aliphatic heterocycles. The van der Waals surface area contributed by atoms with E-state index in [0.29, 0.717) is 13.2 Å². The minimum absolute atomic E-state index is 0.172. The lowest BCUT2D eigenvalue weighted by atomic mass is 9.81. The van der Waals surface area contributed by atoms with Crippen LogP contribution in [0.3, 0.4) is 0 Å². The maximum atomic E-state index is 9.54. The summed E-state index contributed by atoms with van der Waals surface area (Å²) < 4.78 is 5.53. The van der Waals surface area contributed by atoms with Crippen molar-refractivity contribution in [1.82, 2.24) is 4.90 Å². The normalized spacial score (nSPS) is 11.9. The predicted molar refractivity (Wildman–Crippen MR) is 86.9 cm³/mol. The first-order valence-electron chi connectivity index (χ1n) is 7.57. The molecule has 1 aromatic carbocycles. The molecule has 3 nitrogen and oxygen atoms in total. The lowest BCUT2D eigenvalue weighted by molar-refractivity contribution is 0.126. The van der Waals surface area contributed by atoms with Gasteiger partial charge in [-0.15, -0.1) is 0 Å². The second kappa shape index (κ2) is 6.85. The third-order valence-corrected chi connectivity index (χ3v) is 3.36. The van der Waals surface area contributed by atoms with E-state index in [0.717, 1.165) is 17.7 Å². The van der Waals surface area contributed by atoms with Crippen molar-refractivity contribution in [2.24, 2.45) is 5.41 Å². The molecule has 0 amide bonds. The molecule has 21 heavy (non-hydrogen) atoms. The molecule has 0 radical (unpaired) electrons. The van der Waals surface area contributed by atoms with Gasteiger partial charge in [-0.1, -0.05) is 32.9 Å². The minimum atomic E-state index is -0.172. The molecule has 116 valence electrons. The van der Waals surface area contributed by atoms with Crippen molar-refractivity contribution in [2.45, 2.75) is 60.0 Å². The summed E-state index contributed by atoms with van der Waals surface area (Å²) in [5.74, 6) is 0.863. The zero-order chi connectivity index (χ0) is 16.1. The van der Waals surface area contributed by atoms with Crippen molar-refractivity contribution >= 4 is 0 Å². The Kier molecular flexibility index (Phi) is 5.66. The molecule has 0 aliphatic rings. The van der Waals surface area contributed by atoms with Crippen LogP contribution in [0.25, 0.3) is 0 Å². The second-order valence-electron chi connectivity index (χ2n) is 7.32. The van der Waals surface area contributed by atoms with E-state index in [4.69, 9.17) is 4.74 Å². The van der Waals surface area contributed by atoms with Crippen LogP contribution >= 0.6 is 0 Å². The zero-order valence-corrected chi connectivity index (χ0v) is 14.2. The molecule has 0 aromatic heterocycles. The third-order valence-electron chi connectivity index (χ3n) is 3.36. The molecule has 0 fully saturated rings. The molecule has 0 N–H and O–H groups in total. The van der Waals surface area contributed by atoms with Crippen molar-refractivity contribution in [1.29, 1.82) is 5.26 Å². The van der Waals surface area contributed by atoms with Crippen LogP contribution < -0.4 is 4.74 Å². The Balaban J connectivity index is 2.87. The van der Waals surface area contributed by atoms with E-state index in [-0.39, 0.29) is 11.0 Å². The van der Waals surface area contributed by atoms with E-state index in [1.54, 1.807) is 0 Å². The standard InChI is InChI=1S/C18H28N2O/c1-7-21-16-10-8-9-15(11-16)12-20(14-19)18(5,6)13-17(2,3)4/h8-11H,7,12-13H2,1-6H3. The fraction of sp³-hybridized carbons (Fsp3) is 0.611. The Labute approximate surface area is 129 Å². The van der Waals surface area contributed by atoms with E-state index in [1.807, 2.05) is 36.1 Å². The van der Waals surface area contributed by atoms with Gasteiger partial charge in [0.2, 0.25) is 0 Å². The summed E-state index contributed by atoms with van der Waals surface area (Å²) in [5, 5.41) is 9.54. The molecule has 0 heterocycles. The highest BCUT2D eigenvalue weighted by atomic mass is 16.5. The van der Waals surface area contributed by atoms with Crippen molar-refractivity contribution in [3.05, 3.63) is 29.8 Å². The molecule has 3 heteroatoms. The molecule has 1 rings (SSSR count). The van der Waals surface area contributed by atoms with Gasteiger partial charge in [-0.25, -0.2) is 0 Å². The number of nitrogens with zero attached hydrogens (tertiary/aromatic N) is 2. The van der Waals surface area contributed by atoms with Crippen LogP contribution in [0.1, 0.15) is 53.5 Å². The molecular weight excluding hydrogens is 260 g/mol. The Morgan fingerprint density at radius 1 is 1.19 bits per heavy atom. The zero-order valence-electron chi connectivity index (χ0n) is 14.2. The van der Waals surface area contributed by atoms with Gasteiger partial charge in [-0.05, 0) is 50.3 Å². The van der Waals surface area contributed by atoms with Crippen LogP contribution in [-0.2, 0) is 6.54 Å². The van der Waals surface area contributed by atoms with Crippen LogP contribution in [0.4, 0.5) is 0 Å². The number of nitriles is 1. The molecule has 0 spiro atoms. The monoisotopic (exact) mass is 288 g/mol. The summed E-state index contributed by atoms with van der Waals surface area (Å²) in [6.45, 7) is 14.1. The first-order chi connectivity index (χ1) is 9.68. The first kappa shape index (κ1) is 17.4. The summed E-state index contributed by atoms with van der Waals surface area (Å²) in [6, 6.07) is 7.98. The maximum Gasteiger partial charge on any atom is 0.180 e. The van der Waals surface area contributed by atoms with Gasteiger partial charge in [0, 0.05) is 5.54 Å². The van der Waals surface area contributed by atoms with E-state index >= 15 is 0 Å². The molecule has 0 bridgehead atoms. The van der Waals surface area contributed by atoms with Crippen LogP contribution in [0.5, 0.6) is 5.75 Å². The molecular formula is C18H28N2O. The summed E-state index contributed by atoms with van der Waals surface area (Å²) >= 11 is 0. The number of ether oxygens (including phenoxy) is 1. The number of rotatable bonds is 6. The summed E-state index contributed by atoms with van der Waals surface area (Å²) in [5.41, 5.74) is 1.12. The highest BCUT2D eigenvalue weighted by Gasteiger charge is 2.31. The summed E-state index contributed by atoms with van der Waals surface area (Å²) in [6.07, 6.45) is 3.31. The van der Waals surface area contributed by atoms with Crippen molar-refractivity contribution in [3.63, 3.8) is 0 Å². The van der Waals surface area contributed by atoms with Crippen LogP contribution in [0.15, 0.2) is 24.3 Å². The first-order valence-corrected chi connectivity index (χ1v) is 7.57. The molecule has 0 atom stereocenters. The second-order valence-corrected chi connectivity index (χ2v) is 7.32. The maximum absolute atomic E-state index is 9.54. The van der Waals surface area contributed by atoms with Crippen molar-refractivity contribution in [2.75, 3.05) is 6.61 Å². The largest absolute Gasteiger partial charge is 0.494 e. The van der Waals surface area contributed by atoms with Gasteiger partial charge in [0.15, 0.2) is 6.19 Å². The third kappa shape index (κ3) is 5.67. The topological polar surface area (TPSA) is 36.3 Å². The average molecular weight is 288 g/mol. The molecule has 0 saturated heterocycles. The SMILES string of the molecule is CCOc1cccc(CN(C#N)C(C)(C)CC(C)(C)C)c1. The van der Waals surface area contributed by atoms with E-state index in [9.17, 15) is 5.26 Å². The van der Waals surface area contributed by atoms with Gasteiger partial charge in [0.05, 0.1) is 13.2 Å². The number of hydrogen-bond acceptors (Lipinski definition) is 3. The van der Waals surface area contributed by atoms with E-state index < -0.39 is 0 Å². The Morgan fingerprint density at radius 3 is 2.38 bits per heavy atom. The van der Waals surface area contributed by atoms with Crippen molar-refractivity contribution in [3.8, 4) is 11.9 Å². The van der Waals surface area contributed by atoms with Gasteiger partial charge >= 0.3 is 0 Å². The number of benzene rings is 1. The number of hydrogen-bond donors (Lipinski definition) is 0. The van der Waals surface area contributed by atoms with Crippen LogP contribution in [0.2, 0.25) is 0 Å². The molecule has 0 aliphatic carbocycles. The smallest absolute Gasteiger partial charge is 0.180 e. The fourth-order valence-electron chi connectivity index (χ4n) is 2.86. The van der Waals surface area contributed by atoms with Crippen molar-refractivity contribution < 1.29 is 4.74 Å². The molecule has 0 saturated carbocycles. The van der Waals surface area contributed by atoms with E-state index in [2.05, 4.69) is 40.8 Å².